The standard InChI is InChI=1S/C21H27N3O5/c1-22(2)18-11-16(19(13-21(25)26)20(12-18)29-4)14-23(3)10-9-15-5-7-17(8-6-15)24(27)28/h5-8,11-12H,9-10,13-14H2,1-4H3,(H,25,26). The van der Waals surface area contributed by atoms with Crippen LogP contribution in [-0.4, -0.2) is 55.7 Å². The number of rotatable bonds is 10. The Bertz CT molecular complexity index is 865. The van der Waals surface area contributed by atoms with Gasteiger partial charge >= 0.3 is 5.97 Å². The van der Waals surface area contributed by atoms with E-state index < -0.39 is 10.9 Å². The number of carbonyl (C=O) groups is 1. The van der Waals surface area contributed by atoms with Crippen molar-refractivity contribution in [2.45, 2.75) is 19.4 Å². The second-order valence-electron chi connectivity index (χ2n) is 7.16. The molecule has 0 fully saturated rings. The third-order valence-electron chi connectivity index (χ3n) is 4.72. The lowest BCUT2D eigenvalue weighted by molar-refractivity contribution is -0.384. The highest BCUT2D eigenvalue weighted by molar-refractivity contribution is 5.73. The summed E-state index contributed by atoms with van der Waals surface area (Å²) in [6, 6.07) is 10.4. The summed E-state index contributed by atoms with van der Waals surface area (Å²) in [5.41, 5.74) is 3.60. The molecule has 8 heteroatoms. The minimum Gasteiger partial charge on any atom is -0.496 e. The highest BCUT2D eigenvalue weighted by atomic mass is 16.6. The number of nitro groups is 1. The summed E-state index contributed by atoms with van der Waals surface area (Å²) in [4.78, 5) is 25.7. The van der Waals surface area contributed by atoms with Gasteiger partial charge in [0.15, 0.2) is 0 Å². The molecule has 1 N–H and O–H groups in total. The molecule has 0 heterocycles. The number of ether oxygens (including phenoxy) is 1. The monoisotopic (exact) mass is 401 g/mol. The van der Waals surface area contributed by atoms with Crippen LogP contribution in [0.1, 0.15) is 16.7 Å². The lowest BCUT2D eigenvalue weighted by Crippen LogP contribution is -2.22. The zero-order valence-electron chi connectivity index (χ0n) is 17.2. The van der Waals surface area contributed by atoms with E-state index in [0.29, 0.717) is 17.9 Å². The summed E-state index contributed by atoms with van der Waals surface area (Å²) < 4.78 is 5.46. The van der Waals surface area contributed by atoms with Gasteiger partial charge in [0.25, 0.3) is 5.69 Å². The second kappa shape index (κ2) is 9.88. The Morgan fingerprint density at radius 1 is 1.17 bits per heavy atom. The van der Waals surface area contributed by atoms with E-state index in [1.54, 1.807) is 19.2 Å². The van der Waals surface area contributed by atoms with Crippen LogP contribution in [0, 0.1) is 10.1 Å². The first kappa shape index (κ1) is 22.2. The predicted octanol–water partition coefficient (Wildman–Crippen LogP) is 2.97. The largest absolute Gasteiger partial charge is 0.496 e. The maximum absolute atomic E-state index is 11.4. The van der Waals surface area contributed by atoms with Gasteiger partial charge in [-0.1, -0.05) is 12.1 Å². The van der Waals surface area contributed by atoms with Gasteiger partial charge in [0, 0.05) is 56.6 Å². The molecule has 2 aromatic rings. The molecular formula is C21H27N3O5. The summed E-state index contributed by atoms with van der Waals surface area (Å²) in [7, 11) is 7.36. The van der Waals surface area contributed by atoms with Crippen LogP contribution in [0.15, 0.2) is 36.4 Å². The van der Waals surface area contributed by atoms with Crippen molar-refractivity contribution < 1.29 is 19.6 Å². The third-order valence-corrected chi connectivity index (χ3v) is 4.72. The number of methoxy groups -OCH3 is 1. The van der Waals surface area contributed by atoms with Crippen LogP contribution in [0.4, 0.5) is 11.4 Å². The number of anilines is 1. The Hall–Kier alpha value is -3.13. The molecule has 8 nitrogen and oxygen atoms in total. The van der Waals surface area contributed by atoms with Crippen molar-refractivity contribution in [2.75, 3.05) is 39.7 Å². The summed E-state index contributed by atoms with van der Waals surface area (Å²) in [5, 5.41) is 20.1. The Labute approximate surface area is 170 Å². The van der Waals surface area contributed by atoms with Crippen LogP contribution in [0.2, 0.25) is 0 Å². The minimum absolute atomic E-state index is 0.0769. The van der Waals surface area contributed by atoms with Gasteiger partial charge in [-0.2, -0.15) is 0 Å². The number of nitro benzene ring substituents is 1. The highest BCUT2D eigenvalue weighted by Gasteiger charge is 2.17. The van der Waals surface area contributed by atoms with E-state index in [0.717, 1.165) is 29.8 Å². The molecule has 0 spiro atoms. The summed E-state index contributed by atoms with van der Waals surface area (Å²) in [6.45, 7) is 1.28. The molecule has 0 radical (unpaired) electrons. The van der Waals surface area contributed by atoms with E-state index >= 15 is 0 Å². The molecule has 29 heavy (non-hydrogen) atoms. The van der Waals surface area contributed by atoms with Gasteiger partial charge in [-0.3, -0.25) is 14.9 Å². The number of hydrogen-bond donors (Lipinski definition) is 1. The molecule has 2 rings (SSSR count). The van der Waals surface area contributed by atoms with Crippen LogP contribution in [0.25, 0.3) is 0 Å². The number of hydrogen-bond acceptors (Lipinski definition) is 6. The number of carboxylic acids is 1. The van der Waals surface area contributed by atoms with Gasteiger partial charge in [-0.25, -0.2) is 0 Å². The Balaban J connectivity index is 2.16. The Morgan fingerprint density at radius 3 is 2.34 bits per heavy atom. The van der Waals surface area contributed by atoms with E-state index in [-0.39, 0.29) is 12.1 Å². The number of benzene rings is 2. The predicted molar refractivity (Wildman–Crippen MR) is 112 cm³/mol. The molecule has 0 saturated heterocycles. The quantitative estimate of drug-likeness (QED) is 0.483. The molecule has 0 bridgehead atoms. The van der Waals surface area contributed by atoms with E-state index in [2.05, 4.69) is 4.90 Å². The summed E-state index contributed by atoms with van der Waals surface area (Å²) in [6.07, 6.45) is 0.621. The van der Waals surface area contributed by atoms with Crippen LogP contribution >= 0.6 is 0 Å². The highest BCUT2D eigenvalue weighted by Crippen LogP contribution is 2.30. The second-order valence-corrected chi connectivity index (χ2v) is 7.16. The number of likely N-dealkylation sites (N-methyl/N-ethyl adjacent to an activating group) is 1. The molecule has 0 amide bonds. The topological polar surface area (TPSA) is 96.1 Å². The van der Waals surface area contributed by atoms with E-state index in [1.807, 2.05) is 38.2 Å². The minimum atomic E-state index is -0.907. The van der Waals surface area contributed by atoms with Crippen molar-refractivity contribution in [3.63, 3.8) is 0 Å². The van der Waals surface area contributed by atoms with Gasteiger partial charge < -0.3 is 19.6 Å². The van der Waals surface area contributed by atoms with Crippen molar-refractivity contribution in [1.82, 2.24) is 4.90 Å². The fourth-order valence-corrected chi connectivity index (χ4v) is 3.09. The smallest absolute Gasteiger partial charge is 0.307 e. The average Bonchev–Trinajstić information content (AvgIpc) is 2.67. The Kier molecular flexibility index (Phi) is 7.55. The lowest BCUT2D eigenvalue weighted by Gasteiger charge is -2.23. The molecule has 0 saturated carbocycles. The van der Waals surface area contributed by atoms with Gasteiger partial charge in [0.05, 0.1) is 18.5 Å². The SMILES string of the molecule is COc1cc(N(C)C)cc(CN(C)CCc2ccc([N+](=O)[O-])cc2)c1CC(=O)O. The Morgan fingerprint density at radius 2 is 1.83 bits per heavy atom. The van der Waals surface area contributed by atoms with Crippen LogP contribution in [0.5, 0.6) is 5.75 Å². The van der Waals surface area contributed by atoms with E-state index in [9.17, 15) is 20.0 Å². The first-order valence-corrected chi connectivity index (χ1v) is 9.22. The van der Waals surface area contributed by atoms with Crippen molar-refractivity contribution in [2.24, 2.45) is 0 Å². The molecule has 0 atom stereocenters. The fourth-order valence-electron chi connectivity index (χ4n) is 3.09. The number of nitrogens with zero attached hydrogens (tertiary/aromatic N) is 3. The van der Waals surface area contributed by atoms with Gasteiger partial charge in [-0.05, 0) is 30.7 Å². The fraction of sp³-hybridized carbons (Fsp3) is 0.381. The zero-order valence-corrected chi connectivity index (χ0v) is 17.2. The van der Waals surface area contributed by atoms with E-state index in [1.165, 1.54) is 12.1 Å². The van der Waals surface area contributed by atoms with Gasteiger partial charge in [-0.15, -0.1) is 0 Å². The van der Waals surface area contributed by atoms with Crippen molar-refractivity contribution in [3.8, 4) is 5.75 Å². The lowest BCUT2D eigenvalue weighted by atomic mass is 10.0. The average molecular weight is 401 g/mol. The van der Waals surface area contributed by atoms with Crippen molar-refractivity contribution in [3.05, 3.63) is 63.2 Å². The van der Waals surface area contributed by atoms with Crippen LogP contribution < -0.4 is 9.64 Å². The zero-order chi connectivity index (χ0) is 21.6. The number of aliphatic carboxylic acids is 1. The summed E-state index contributed by atoms with van der Waals surface area (Å²) in [5.74, 6) is -0.340. The molecule has 0 unspecified atom stereocenters. The van der Waals surface area contributed by atoms with Gasteiger partial charge in [0.2, 0.25) is 0 Å². The molecule has 156 valence electrons. The molecule has 0 aliphatic heterocycles. The third kappa shape index (κ3) is 6.18. The molecule has 2 aromatic carbocycles. The molecule has 0 aliphatic carbocycles. The van der Waals surface area contributed by atoms with Gasteiger partial charge in [0.1, 0.15) is 5.75 Å². The van der Waals surface area contributed by atoms with E-state index in [4.69, 9.17) is 4.74 Å². The molecular weight excluding hydrogens is 374 g/mol. The first-order valence-electron chi connectivity index (χ1n) is 9.22. The van der Waals surface area contributed by atoms with Crippen LogP contribution in [0.3, 0.4) is 0 Å². The summed E-state index contributed by atoms with van der Waals surface area (Å²) >= 11 is 0. The van der Waals surface area contributed by atoms with Crippen molar-refractivity contribution >= 4 is 17.3 Å². The van der Waals surface area contributed by atoms with Crippen LogP contribution in [-0.2, 0) is 24.2 Å². The first-order chi connectivity index (χ1) is 13.7. The number of carboxylic acid groups (broad SMARTS) is 1. The van der Waals surface area contributed by atoms with Crippen molar-refractivity contribution in [1.29, 1.82) is 0 Å². The maximum Gasteiger partial charge on any atom is 0.307 e. The molecule has 0 aromatic heterocycles. The number of non-ortho nitro benzene ring substituents is 1. The normalized spacial score (nSPS) is 10.8. The maximum atomic E-state index is 11.4. The molecule has 0 aliphatic rings.